The molecule has 33 heavy (non-hydrogen) atoms. The van der Waals surface area contributed by atoms with E-state index in [1.54, 1.807) is 35.9 Å². The Bertz CT molecular complexity index is 1180. The fraction of sp³-hybridized carbons (Fsp3) is 0.476. The number of fused-ring (bicyclic) bond motifs is 1. The Morgan fingerprint density at radius 1 is 1.27 bits per heavy atom. The molecule has 3 aromatic rings. The Hall–Kier alpha value is -2.86. The number of methoxy groups -OCH3 is 1. The highest BCUT2D eigenvalue weighted by molar-refractivity contribution is 7.71. The second-order valence-corrected chi connectivity index (χ2v) is 8.60. The van der Waals surface area contributed by atoms with E-state index in [1.165, 1.54) is 6.20 Å². The minimum Gasteiger partial charge on any atom is -0.497 e. The summed E-state index contributed by atoms with van der Waals surface area (Å²) in [4.78, 5) is 0. The molecule has 0 spiro atoms. The van der Waals surface area contributed by atoms with E-state index in [0.29, 0.717) is 35.1 Å². The standard InChI is InChI=1S/C21H23F3N6O2S/c1-31-13-6-4-12(5-7-13)16-9-17(21(22,23)24)30-18(26-16)15(10-25-30)19-27-28-20(33)29(19)11-14-3-2-8-32-14/h4-7,10,14,16-17,26H,2-3,8-9,11H2,1H3,(H,28,33). The third-order valence-corrected chi connectivity index (χ3v) is 6.48. The molecule has 12 heteroatoms. The van der Waals surface area contributed by atoms with Gasteiger partial charge in [-0.3, -0.25) is 9.67 Å². The van der Waals surface area contributed by atoms with E-state index >= 15 is 0 Å². The molecule has 2 aromatic heterocycles. The monoisotopic (exact) mass is 480 g/mol. The van der Waals surface area contributed by atoms with Crippen LogP contribution in [0.3, 0.4) is 0 Å². The Balaban J connectivity index is 1.55. The minimum atomic E-state index is -4.47. The minimum absolute atomic E-state index is 0.0117. The number of alkyl halides is 3. The van der Waals surface area contributed by atoms with Crippen molar-refractivity contribution in [3.8, 4) is 17.1 Å². The molecule has 176 valence electrons. The van der Waals surface area contributed by atoms with Gasteiger partial charge in [-0.2, -0.15) is 23.4 Å². The Kier molecular flexibility index (Phi) is 5.65. The van der Waals surface area contributed by atoms with Gasteiger partial charge < -0.3 is 14.8 Å². The van der Waals surface area contributed by atoms with Gasteiger partial charge in [0.1, 0.15) is 11.6 Å². The number of benzene rings is 1. The van der Waals surface area contributed by atoms with Crippen molar-refractivity contribution in [1.82, 2.24) is 24.5 Å². The summed E-state index contributed by atoms with van der Waals surface area (Å²) in [6.07, 6.45) is -1.39. The summed E-state index contributed by atoms with van der Waals surface area (Å²) in [7, 11) is 1.54. The van der Waals surface area contributed by atoms with Gasteiger partial charge in [-0.15, -0.1) is 0 Å². The van der Waals surface area contributed by atoms with Crippen LogP contribution in [-0.2, 0) is 11.3 Å². The number of nitrogens with one attached hydrogen (secondary N) is 2. The molecule has 1 aromatic carbocycles. The smallest absolute Gasteiger partial charge is 0.410 e. The van der Waals surface area contributed by atoms with Crippen LogP contribution in [0.5, 0.6) is 5.75 Å². The molecule has 0 amide bonds. The number of hydrogen-bond donors (Lipinski definition) is 2. The van der Waals surface area contributed by atoms with Crippen molar-refractivity contribution in [2.75, 3.05) is 19.0 Å². The van der Waals surface area contributed by atoms with Gasteiger partial charge >= 0.3 is 6.18 Å². The fourth-order valence-corrected chi connectivity index (χ4v) is 4.67. The van der Waals surface area contributed by atoms with Crippen molar-refractivity contribution >= 4 is 18.0 Å². The van der Waals surface area contributed by atoms with Crippen molar-refractivity contribution in [3.05, 3.63) is 40.8 Å². The second kappa shape index (κ2) is 8.49. The summed E-state index contributed by atoms with van der Waals surface area (Å²) in [6, 6.07) is 4.66. The molecule has 0 aliphatic carbocycles. The largest absolute Gasteiger partial charge is 0.497 e. The molecule has 3 atom stereocenters. The molecular formula is C21H23F3N6O2S. The molecule has 2 aliphatic heterocycles. The summed E-state index contributed by atoms with van der Waals surface area (Å²) in [5.74, 6) is 1.32. The van der Waals surface area contributed by atoms with Crippen LogP contribution in [-0.4, -0.2) is 50.5 Å². The molecule has 1 saturated heterocycles. The van der Waals surface area contributed by atoms with Crippen molar-refractivity contribution in [2.45, 2.75) is 50.2 Å². The predicted octanol–water partition coefficient (Wildman–Crippen LogP) is 4.65. The number of hydrogen-bond acceptors (Lipinski definition) is 6. The lowest BCUT2D eigenvalue weighted by Crippen LogP contribution is -2.35. The van der Waals surface area contributed by atoms with Gasteiger partial charge in [0, 0.05) is 13.0 Å². The first-order valence-electron chi connectivity index (χ1n) is 10.7. The zero-order chi connectivity index (χ0) is 23.2. The summed E-state index contributed by atoms with van der Waals surface area (Å²) in [6.45, 7) is 1.16. The van der Waals surface area contributed by atoms with Crippen LogP contribution in [0.25, 0.3) is 11.4 Å². The quantitative estimate of drug-likeness (QED) is 0.518. The third-order valence-electron chi connectivity index (χ3n) is 6.17. The van der Waals surface area contributed by atoms with E-state index in [1.807, 2.05) is 0 Å². The van der Waals surface area contributed by atoms with Gasteiger partial charge in [-0.05, 0) is 42.8 Å². The van der Waals surface area contributed by atoms with Crippen molar-refractivity contribution < 1.29 is 22.6 Å². The van der Waals surface area contributed by atoms with Gasteiger partial charge in [-0.25, -0.2) is 4.68 Å². The van der Waals surface area contributed by atoms with Gasteiger partial charge in [-0.1, -0.05) is 12.1 Å². The van der Waals surface area contributed by atoms with Crippen LogP contribution < -0.4 is 10.1 Å². The third kappa shape index (κ3) is 4.12. The molecule has 4 heterocycles. The molecule has 5 rings (SSSR count). The van der Waals surface area contributed by atoms with E-state index in [-0.39, 0.29) is 18.3 Å². The molecule has 3 unspecified atom stereocenters. The van der Waals surface area contributed by atoms with Crippen LogP contribution >= 0.6 is 12.2 Å². The highest BCUT2D eigenvalue weighted by Gasteiger charge is 2.47. The number of halogens is 3. The second-order valence-electron chi connectivity index (χ2n) is 8.21. The summed E-state index contributed by atoms with van der Waals surface area (Å²) in [5, 5.41) is 14.4. The maximum absolute atomic E-state index is 14.0. The first-order valence-corrected chi connectivity index (χ1v) is 11.1. The van der Waals surface area contributed by atoms with E-state index < -0.39 is 18.3 Å². The predicted molar refractivity (Wildman–Crippen MR) is 117 cm³/mol. The molecule has 8 nitrogen and oxygen atoms in total. The van der Waals surface area contributed by atoms with Crippen LogP contribution in [0.4, 0.5) is 19.0 Å². The van der Waals surface area contributed by atoms with E-state index in [4.69, 9.17) is 21.7 Å². The topological polar surface area (TPSA) is 81.9 Å². The van der Waals surface area contributed by atoms with Crippen molar-refractivity contribution in [3.63, 3.8) is 0 Å². The van der Waals surface area contributed by atoms with Crippen molar-refractivity contribution in [1.29, 1.82) is 0 Å². The Morgan fingerprint density at radius 2 is 2.06 bits per heavy atom. The lowest BCUT2D eigenvalue weighted by molar-refractivity contribution is -0.173. The number of aromatic amines is 1. The molecule has 0 bridgehead atoms. The van der Waals surface area contributed by atoms with E-state index in [9.17, 15) is 13.2 Å². The summed E-state index contributed by atoms with van der Waals surface area (Å²) < 4.78 is 56.1. The van der Waals surface area contributed by atoms with Crippen LogP contribution in [0.2, 0.25) is 0 Å². The zero-order valence-electron chi connectivity index (χ0n) is 17.8. The average molecular weight is 481 g/mol. The summed E-state index contributed by atoms with van der Waals surface area (Å²) in [5.41, 5.74) is 1.18. The SMILES string of the molecule is COc1ccc(C2CC(C(F)(F)F)n3ncc(-c4n[nH]c(=S)n4CC4CCCO4)c3N2)cc1. The Labute approximate surface area is 192 Å². The first-order chi connectivity index (χ1) is 15.8. The number of anilines is 1. The maximum Gasteiger partial charge on any atom is 0.410 e. The normalized spacial score (nSPS) is 22.7. The van der Waals surface area contributed by atoms with E-state index in [0.717, 1.165) is 23.1 Å². The van der Waals surface area contributed by atoms with Gasteiger partial charge in [0.2, 0.25) is 0 Å². The van der Waals surface area contributed by atoms with Crippen LogP contribution in [0, 0.1) is 4.77 Å². The zero-order valence-corrected chi connectivity index (χ0v) is 18.6. The number of rotatable bonds is 5. The molecular weight excluding hydrogens is 457 g/mol. The van der Waals surface area contributed by atoms with Crippen molar-refractivity contribution in [2.24, 2.45) is 0 Å². The number of nitrogens with zero attached hydrogens (tertiary/aromatic N) is 4. The van der Waals surface area contributed by atoms with Crippen LogP contribution in [0.1, 0.15) is 36.9 Å². The molecule has 1 fully saturated rings. The van der Waals surface area contributed by atoms with E-state index in [2.05, 4.69) is 20.6 Å². The first kappa shape index (κ1) is 22.0. The lowest BCUT2D eigenvalue weighted by atomic mass is 9.96. The Morgan fingerprint density at radius 3 is 2.73 bits per heavy atom. The number of ether oxygens (including phenoxy) is 2. The highest BCUT2D eigenvalue weighted by atomic mass is 32.1. The molecule has 0 saturated carbocycles. The molecule has 2 aliphatic rings. The fourth-order valence-electron chi connectivity index (χ4n) is 4.47. The molecule has 0 radical (unpaired) electrons. The summed E-state index contributed by atoms with van der Waals surface area (Å²) >= 11 is 5.39. The van der Waals surface area contributed by atoms with Gasteiger partial charge in [0.15, 0.2) is 16.6 Å². The average Bonchev–Trinajstić information content (AvgIpc) is 3.54. The van der Waals surface area contributed by atoms with Gasteiger partial charge in [0.05, 0.1) is 37.6 Å². The van der Waals surface area contributed by atoms with Gasteiger partial charge in [0.25, 0.3) is 0 Å². The highest BCUT2D eigenvalue weighted by Crippen LogP contribution is 2.46. The van der Waals surface area contributed by atoms with Crippen LogP contribution in [0.15, 0.2) is 30.5 Å². The molecule has 2 N–H and O–H groups in total. The number of aromatic nitrogens is 5. The number of H-pyrrole nitrogens is 1. The maximum atomic E-state index is 14.0. The lowest BCUT2D eigenvalue weighted by Gasteiger charge is -2.34.